The molecule has 0 spiro atoms. The minimum atomic E-state index is -0.490. The van der Waals surface area contributed by atoms with Crippen LogP contribution in [0, 0.1) is 6.92 Å². The second kappa shape index (κ2) is 6.57. The molecule has 1 amide bonds. The number of nitrogens with zero attached hydrogens (tertiary/aromatic N) is 1. The average Bonchev–Trinajstić information content (AvgIpc) is 2.26. The van der Waals surface area contributed by atoms with Crippen molar-refractivity contribution >= 4 is 6.09 Å². The number of aryl methyl sites for hydroxylation is 1. The van der Waals surface area contributed by atoms with Gasteiger partial charge < -0.3 is 15.4 Å². The molecular weight excluding hydrogens is 240 g/mol. The summed E-state index contributed by atoms with van der Waals surface area (Å²) in [6.45, 7) is 9.04. The molecule has 0 unspecified atom stereocenters. The highest BCUT2D eigenvalue weighted by Crippen LogP contribution is 2.13. The van der Waals surface area contributed by atoms with E-state index in [9.17, 15) is 4.79 Å². The Morgan fingerprint density at radius 1 is 1.37 bits per heavy atom. The first-order valence-corrected chi connectivity index (χ1v) is 6.55. The van der Waals surface area contributed by atoms with Crippen molar-refractivity contribution in [3.8, 4) is 0 Å². The van der Waals surface area contributed by atoms with Crippen LogP contribution in [0.4, 0.5) is 4.79 Å². The van der Waals surface area contributed by atoms with Gasteiger partial charge in [0.1, 0.15) is 5.60 Å². The third-order valence-electron chi connectivity index (χ3n) is 2.51. The molecule has 0 aromatic heterocycles. The number of carbonyl (C=O) groups excluding carboxylic acids is 1. The Hall–Kier alpha value is -1.55. The summed E-state index contributed by atoms with van der Waals surface area (Å²) in [5.41, 5.74) is 7.33. The minimum absolute atomic E-state index is 0.320. The number of carbonyl (C=O) groups is 1. The largest absolute Gasteiger partial charge is 0.444 e. The van der Waals surface area contributed by atoms with E-state index in [4.69, 9.17) is 10.5 Å². The van der Waals surface area contributed by atoms with Gasteiger partial charge in [0.25, 0.3) is 0 Å². The standard InChI is InChI=1S/C15H24N2O2/c1-12-6-5-7-13(10-12)11-17(9-8-16)14(18)19-15(2,3)4/h5-7,10H,8-9,11,16H2,1-4H3. The molecule has 0 aliphatic carbocycles. The van der Waals surface area contributed by atoms with E-state index < -0.39 is 5.60 Å². The van der Waals surface area contributed by atoms with E-state index in [1.54, 1.807) is 4.90 Å². The molecule has 0 bridgehead atoms. The molecule has 1 aromatic carbocycles. The molecule has 0 aliphatic heterocycles. The quantitative estimate of drug-likeness (QED) is 0.909. The smallest absolute Gasteiger partial charge is 0.410 e. The number of rotatable bonds is 4. The summed E-state index contributed by atoms with van der Waals surface area (Å²) in [5, 5.41) is 0. The first kappa shape index (κ1) is 15.5. The third kappa shape index (κ3) is 5.75. The lowest BCUT2D eigenvalue weighted by atomic mass is 10.1. The predicted octanol–water partition coefficient (Wildman–Crippen LogP) is 2.69. The third-order valence-corrected chi connectivity index (χ3v) is 2.51. The highest BCUT2D eigenvalue weighted by molar-refractivity contribution is 5.68. The van der Waals surface area contributed by atoms with Gasteiger partial charge in [-0.2, -0.15) is 0 Å². The van der Waals surface area contributed by atoms with E-state index >= 15 is 0 Å². The SMILES string of the molecule is Cc1cccc(CN(CCN)C(=O)OC(C)(C)C)c1. The Morgan fingerprint density at radius 2 is 2.05 bits per heavy atom. The maximum absolute atomic E-state index is 12.1. The average molecular weight is 264 g/mol. The predicted molar refractivity (Wildman–Crippen MR) is 76.9 cm³/mol. The maximum atomic E-state index is 12.1. The van der Waals surface area contributed by atoms with Gasteiger partial charge in [-0.15, -0.1) is 0 Å². The maximum Gasteiger partial charge on any atom is 0.410 e. The molecule has 0 saturated carbocycles. The van der Waals surface area contributed by atoms with Crippen LogP contribution in [0.25, 0.3) is 0 Å². The van der Waals surface area contributed by atoms with Crippen LogP contribution >= 0.6 is 0 Å². The van der Waals surface area contributed by atoms with Gasteiger partial charge in [0.05, 0.1) is 0 Å². The second-order valence-corrected chi connectivity index (χ2v) is 5.68. The Balaban J connectivity index is 2.75. The summed E-state index contributed by atoms with van der Waals surface area (Å²) in [6, 6.07) is 8.08. The lowest BCUT2D eigenvalue weighted by molar-refractivity contribution is 0.0239. The minimum Gasteiger partial charge on any atom is -0.444 e. The normalized spacial score (nSPS) is 11.2. The van der Waals surface area contributed by atoms with Crippen LogP contribution in [0.1, 0.15) is 31.9 Å². The fourth-order valence-corrected chi connectivity index (χ4v) is 1.75. The van der Waals surface area contributed by atoms with E-state index in [1.165, 1.54) is 5.56 Å². The van der Waals surface area contributed by atoms with Crippen molar-refractivity contribution in [3.63, 3.8) is 0 Å². The van der Waals surface area contributed by atoms with Crippen LogP contribution in [0.2, 0.25) is 0 Å². The van der Waals surface area contributed by atoms with Gasteiger partial charge in [-0.3, -0.25) is 0 Å². The number of amides is 1. The van der Waals surface area contributed by atoms with Crippen LogP contribution in [0.5, 0.6) is 0 Å². The molecule has 1 rings (SSSR count). The molecular formula is C15H24N2O2. The van der Waals surface area contributed by atoms with Crippen LogP contribution in [0.15, 0.2) is 24.3 Å². The summed E-state index contributed by atoms with van der Waals surface area (Å²) < 4.78 is 5.39. The lowest BCUT2D eigenvalue weighted by Gasteiger charge is -2.27. The highest BCUT2D eigenvalue weighted by atomic mass is 16.6. The van der Waals surface area contributed by atoms with Crippen molar-refractivity contribution in [3.05, 3.63) is 35.4 Å². The fourth-order valence-electron chi connectivity index (χ4n) is 1.75. The molecule has 0 heterocycles. The molecule has 19 heavy (non-hydrogen) atoms. The number of hydrogen-bond acceptors (Lipinski definition) is 3. The van der Waals surface area contributed by atoms with Crippen molar-refractivity contribution < 1.29 is 9.53 Å². The molecule has 0 radical (unpaired) electrons. The summed E-state index contributed by atoms with van der Waals surface area (Å²) in [4.78, 5) is 13.7. The monoisotopic (exact) mass is 264 g/mol. The first-order valence-electron chi connectivity index (χ1n) is 6.55. The molecule has 0 saturated heterocycles. The van der Waals surface area contributed by atoms with E-state index in [0.29, 0.717) is 19.6 Å². The van der Waals surface area contributed by atoms with Gasteiger partial charge in [0, 0.05) is 19.6 Å². The zero-order valence-electron chi connectivity index (χ0n) is 12.3. The summed E-state index contributed by atoms with van der Waals surface area (Å²) >= 11 is 0. The Bertz CT molecular complexity index is 424. The van der Waals surface area contributed by atoms with Crippen molar-refractivity contribution in [1.82, 2.24) is 4.90 Å². The van der Waals surface area contributed by atoms with Crippen LogP contribution in [-0.2, 0) is 11.3 Å². The van der Waals surface area contributed by atoms with E-state index in [2.05, 4.69) is 6.07 Å². The van der Waals surface area contributed by atoms with Crippen molar-refractivity contribution in [2.24, 2.45) is 5.73 Å². The van der Waals surface area contributed by atoms with Crippen LogP contribution < -0.4 is 5.73 Å². The van der Waals surface area contributed by atoms with Crippen molar-refractivity contribution in [2.45, 2.75) is 39.8 Å². The van der Waals surface area contributed by atoms with E-state index in [0.717, 1.165) is 5.56 Å². The van der Waals surface area contributed by atoms with E-state index in [-0.39, 0.29) is 6.09 Å². The molecule has 2 N–H and O–H groups in total. The van der Waals surface area contributed by atoms with Crippen molar-refractivity contribution in [1.29, 1.82) is 0 Å². The van der Waals surface area contributed by atoms with Gasteiger partial charge in [-0.25, -0.2) is 4.79 Å². The second-order valence-electron chi connectivity index (χ2n) is 5.68. The topological polar surface area (TPSA) is 55.6 Å². The van der Waals surface area contributed by atoms with Crippen molar-refractivity contribution in [2.75, 3.05) is 13.1 Å². The van der Waals surface area contributed by atoms with Gasteiger partial charge in [-0.05, 0) is 33.3 Å². The Morgan fingerprint density at radius 3 is 2.58 bits per heavy atom. The molecule has 4 heteroatoms. The highest BCUT2D eigenvalue weighted by Gasteiger charge is 2.21. The fraction of sp³-hybridized carbons (Fsp3) is 0.533. The molecule has 4 nitrogen and oxygen atoms in total. The lowest BCUT2D eigenvalue weighted by Crippen LogP contribution is -2.39. The number of ether oxygens (including phenoxy) is 1. The van der Waals surface area contributed by atoms with Crippen LogP contribution in [0.3, 0.4) is 0 Å². The van der Waals surface area contributed by atoms with Crippen LogP contribution in [-0.4, -0.2) is 29.7 Å². The number of nitrogens with two attached hydrogens (primary N) is 1. The molecule has 0 atom stereocenters. The van der Waals surface area contributed by atoms with Gasteiger partial charge >= 0.3 is 6.09 Å². The summed E-state index contributed by atoms with van der Waals surface area (Å²) in [5.74, 6) is 0. The van der Waals surface area contributed by atoms with Gasteiger partial charge in [0.15, 0.2) is 0 Å². The molecule has 106 valence electrons. The van der Waals surface area contributed by atoms with E-state index in [1.807, 2.05) is 45.9 Å². The zero-order valence-corrected chi connectivity index (χ0v) is 12.3. The molecule has 0 aliphatic rings. The van der Waals surface area contributed by atoms with Gasteiger partial charge in [0.2, 0.25) is 0 Å². The molecule has 1 aromatic rings. The number of benzene rings is 1. The Kier molecular flexibility index (Phi) is 5.36. The van der Waals surface area contributed by atoms with Gasteiger partial charge in [-0.1, -0.05) is 29.8 Å². The first-order chi connectivity index (χ1) is 8.81. The Labute approximate surface area is 115 Å². The zero-order chi connectivity index (χ0) is 14.5. The summed E-state index contributed by atoms with van der Waals surface area (Å²) in [7, 11) is 0. The summed E-state index contributed by atoms with van der Waals surface area (Å²) in [6.07, 6.45) is -0.320. The number of hydrogen-bond donors (Lipinski definition) is 1. The molecule has 0 fully saturated rings.